The van der Waals surface area contributed by atoms with E-state index in [1.165, 1.54) is 0 Å². The third kappa shape index (κ3) is 2.83. The summed E-state index contributed by atoms with van der Waals surface area (Å²) >= 11 is 0. The molecule has 0 aromatic rings. The van der Waals surface area contributed by atoms with Crippen molar-refractivity contribution in [2.75, 3.05) is 0 Å². The highest BCUT2D eigenvalue weighted by molar-refractivity contribution is 6.07. The van der Waals surface area contributed by atoms with Gasteiger partial charge >= 0.3 is 0 Å². The molecule has 2 unspecified atom stereocenters. The number of amides is 1. The molecule has 1 saturated heterocycles. The van der Waals surface area contributed by atoms with Crippen LogP contribution in [0.2, 0.25) is 0 Å². The van der Waals surface area contributed by atoms with Gasteiger partial charge in [-0.05, 0) is 12.3 Å². The number of Topliss-reactive ketones (excluding diaryl/α,β-unsaturated/α-hetero) is 1. The van der Waals surface area contributed by atoms with Gasteiger partial charge in [0, 0.05) is 0 Å². The Balaban J connectivity index is 2.36. The Hall–Kier alpha value is -0.860. The summed E-state index contributed by atoms with van der Waals surface area (Å²) in [6.07, 6.45) is 3.15. The predicted octanol–water partition coefficient (Wildman–Crippen LogP) is 1.27. The number of rotatable bonds is 4. The molecule has 1 heterocycles. The molecule has 0 radical (unpaired) electrons. The third-order valence-corrected chi connectivity index (χ3v) is 2.48. The molecule has 13 heavy (non-hydrogen) atoms. The molecule has 0 saturated carbocycles. The van der Waals surface area contributed by atoms with Crippen molar-refractivity contribution in [3.8, 4) is 0 Å². The molecule has 3 heteroatoms. The molecule has 0 aromatic heterocycles. The van der Waals surface area contributed by atoms with Crippen molar-refractivity contribution in [3.63, 3.8) is 0 Å². The SMILES string of the molecule is CCCC(C)CC1NC(=O)CC1=O. The molecule has 0 aliphatic carbocycles. The monoisotopic (exact) mass is 183 g/mol. The van der Waals surface area contributed by atoms with Gasteiger partial charge in [0.2, 0.25) is 5.91 Å². The molecule has 74 valence electrons. The van der Waals surface area contributed by atoms with Crippen LogP contribution in [0.1, 0.15) is 39.5 Å². The van der Waals surface area contributed by atoms with Crippen molar-refractivity contribution in [2.45, 2.75) is 45.6 Å². The van der Waals surface area contributed by atoms with E-state index >= 15 is 0 Å². The average molecular weight is 183 g/mol. The molecule has 3 nitrogen and oxygen atoms in total. The number of hydrogen-bond donors (Lipinski definition) is 1. The van der Waals surface area contributed by atoms with E-state index in [0.717, 1.165) is 19.3 Å². The fourth-order valence-corrected chi connectivity index (χ4v) is 1.81. The largest absolute Gasteiger partial charge is 0.346 e. The lowest BCUT2D eigenvalue weighted by Gasteiger charge is -2.14. The van der Waals surface area contributed by atoms with E-state index in [4.69, 9.17) is 0 Å². The van der Waals surface area contributed by atoms with Crippen LogP contribution in [0.5, 0.6) is 0 Å². The molecule has 0 bridgehead atoms. The van der Waals surface area contributed by atoms with E-state index in [1.807, 2.05) is 0 Å². The fourth-order valence-electron chi connectivity index (χ4n) is 1.81. The highest BCUT2D eigenvalue weighted by Crippen LogP contribution is 2.16. The van der Waals surface area contributed by atoms with Crippen LogP contribution < -0.4 is 5.32 Å². The minimum absolute atomic E-state index is 0.0629. The lowest BCUT2D eigenvalue weighted by molar-refractivity contribution is -0.122. The van der Waals surface area contributed by atoms with Crippen LogP contribution in [0.4, 0.5) is 0 Å². The molecule has 1 rings (SSSR count). The van der Waals surface area contributed by atoms with Crippen molar-refractivity contribution in [1.29, 1.82) is 0 Å². The predicted molar refractivity (Wildman–Crippen MR) is 50.2 cm³/mol. The number of carbonyl (C=O) groups is 2. The lowest BCUT2D eigenvalue weighted by atomic mass is 9.96. The second-order valence-corrected chi connectivity index (χ2v) is 3.89. The Labute approximate surface area is 78.9 Å². The van der Waals surface area contributed by atoms with Gasteiger partial charge in [0.15, 0.2) is 5.78 Å². The van der Waals surface area contributed by atoms with Gasteiger partial charge in [0.05, 0.1) is 12.5 Å². The van der Waals surface area contributed by atoms with Gasteiger partial charge in [0.1, 0.15) is 0 Å². The van der Waals surface area contributed by atoms with Crippen molar-refractivity contribution in [3.05, 3.63) is 0 Å². The average Bonchev–Trinajstić information content (AvgIpc) is 2.30. The van der Waals surface area contributed by atoms with Gasteiger partial charge in [0.25, 0.3) is 0 Å². The Morgan fingerprint density at radius 2 is 2.23 bits per heavy atom. The molecule has 2 atom stereocenters. The number of ketones is 1. The van der Waals surface area contributed by atoms with Crippen LogP contribution in [-0.4, -0.2) is 17.7 Å². The summed E-state index contributed by atoms with van der Waals surface area (Å²) < 4.78 is 0. The van der Waals surface area contributed by atoms with Gasteiger partial charge in [-0.25, -0.2) is 0 Å². The minimum atomic E-state index is -0.200. The molecule has 0 aromatic carbocycles. The zero-order chi connectivity index (χ0) is 9.84. The second-order valence-electron chi connectivity index (χ2n) is 3.89. The van der Waals surface area contributed by atoms with Gasteiger partial charge in [-0.1, -0.05) is 26.7 Å². The maximum Gasteiger partial charge on any atom is 0.228 e. The first-order chi connectivity index (χ1) is 6.13. The first kappa shape index (κ1) is 10.2. The fraction of sp³-hybridized carbons (Fsp3) is 0.800. The van der Waals surface area contributed by atoms with Crippen molar-refractivity contribution in [2.24, 2.45) is 5.92 Å². The summed E-state index contributed by atoms with van der Waals surface area (Å²) in [6, 6.07) is -0.200. The maximum atomic E-state index is 11.2. The van der Waals surface area contributed by atoms with Crippen LogP contribution in [0.3, 0.4) is 0 Å². The van der Waals surface area contributed by atoms with E-state index in [2.05, 4.69) is 19.2 Å². The van der Waals surface area contributed by atoms with Crippen molar-refractivity contribution >= 4 is 11.7 Å². The molecule has 1 aliphatic heterocycles. The number of carbonyl (C=O) groups excluding carboxylic acids is 2. The Morgan fingerprint density at radius 3 is 2.69 bits per heavy atom. The summed E-state index contributed by atoms with van der Waals surface area (Å²) in [5.74, 6) is 0.476. The summed E-state index contributed by atoms with van der Waals surface area (Å²) in [7, 11) is 0. The minimum Gasteiger partial charge on any atom is -0.346 e. The third-order valence-electron chi connectivity index (χ3n) is 2.48. The Bertz CT molecular complexity index is 213. The van der Waals surface area contributed by atoms with Crippen LogP contribution in [0, 0.1) is 5.92 Å². The first-order valence-electron chi connectivity index (χ1n) is 4.95. The van der Waals surface area contributed by atoms with Crippen LogP contribution >= 0.6 is 0 Å². The topological polar surface area (TPSA) is 46.2 Å². The van der Waals surface area contributed by atoms with Gasteiger partial charge < -0.3 is 5.32 Å². The van der Waals surface area contributed by atoms with Crippen molar-refractivity contribution in [1.82, 2.24) is 5.32 Å². The van der Waals surface area contributed by atoms with Crippen LogP contribution in [0.15, 0.2) is 0 Å². The first-order valence-corrected chi connectivity index (χ1v) is 4.95. The van der Waals surface area contributed by atoms with E-state index in [1.54, 1.807) is 0 Å². The Morgan fingerprint density at radius 1 is 1.54 bits per heavy atom. The highest BCUT2D eigenvalue weighted by atomic mass is 16.2. The van der Waals surface area contributed by atoms with Gasteiger partial charge in [-0.3, -0.25) is 9.59 Å². The quantitative estimate of drug-likeness (QED) is 0.667. The number of hydrogen-bond acceptors (Lipinski definition) is 2. The zero-order valence-electron chi connectivity index (χ0n) is 8.30. The summed E-state index contributed by atoms with van der Waals surface area (Å²) in [5.41, 5.74) is 0. The summed E-state index contributed by atoms with van der Waals surface area (Å²) in [4.78, 5) is 22.1. The van der Waals surface area contributed by atoms with Crippen LogP contribution in [0.25, 0.3) is 0 Å². The smallest absolute Gasteiger partial charge is 0.228 e. The van der Waals surface area contributed by atoms with Gasteiger partial charge in [-0.15, -0.1) is 0 Å². The second kappa shape index (κ2) is 4.40. The molecular formula is C10H17NO2. The summed E-state index contributed by atoms with van der Waals surface area (Å²) in [5, 5.41) is 2.70. The maximum absolute atomic E-state index is 11.2. The Kier molecular flexibility index (Phi) is 3.46. The zero-order valence-corrected chi connectivity index (χ0v) is 8.30. The molecular weight excluding hydrogens is 166 g/mol. The molecule has 1 amide bonds. The lowest BCUT2D eigenvalue weighted by Crippen LogP contribution is -2.30. The van der Waals surface area contributed by atoms with E-state index in [0.29, 0.717) is 5.92 Å². The normalized spacial score (nSPS) is 24.6. The molecule has 0 spiro atoms. The van der Waals surface area contributed by atoms with E-state index in [9.17, 15) is 9.59 Å². The number of nitrogens with one attached hydrogen (secondary N) is 1. The van der Waals surface area contributed by atoms with Gasteiger partial charge in [-0.2, -0.15) is 0 Å². The van der Waals surface area contributed by atoms with E-state index < -0.39 is 0 Å². The molecule has 1 aliphatic rings. The van der Waals surface area contributed by atoms with Crippen LogP contribution in [-0.2, 0) is 9.59 Å². The highest BCUT2D eigenvalue weighted by Gasteiger charge is 2.30. The molecule has 1 fully saturated rings. The summed E-state index contributed by atoms with van der Waals surface area (Å²) in [6.45, 7) is 4.26. The van der Waals surface area contributed by atoms with E-state index in [-0.39, 0.29) is 24.2 Å². The standard InChI is InChI=1S/C10H17NO2/c1-3-4-7(2)5-8-9(12)6-10(13)11-8/h7-8H,3-6H2,1-2H3,(H,11,13). The van der Waals surface area contributed by atoms with Crippen molar-refractivity contribution < 1.29 is 9.59 Å². The molecule has 1 N–H and O–H groups in total.